The van der Waals surface area contributed by atoms with Crippen molar-refractivity contribution in [3.8, 4) is 5.69 Å². The first-order valence-electron chi connectivity index (χ1n) is 14.5. The number of carbonyl (C=O) groups excluding carboxylic acids is 1. The number of nitrogens with zero attached hydrogens (tertiary/aromatic N) is 2. The van der Waals surface area contributed by atoms with Gasteiger partial charge in [0.1, 0.15) is 5.82 Å². The predicted octanol–water partition coefficient (Wildman–Crippen LogP) is 7.29. The van der Waals surface area contributed by atoms with Gasteiger partial charge in [-0.15, -0.1) is 0 Å². The van der Waals surface area contributed by atoms with E-state index in [2.05, 4.69) is 36.7 Å². The van der Waals surface area contributed by atoms with E-state index in [1.165, 1.54) is 0 Å². The largest absolute Gasteiger partial charge is 0.324 e. The molecule has 1 atom stereocenters. The van der Waals surface area contributed by atoms with Crippen LogP contribution < -0.4 is 16.0 Å². The third-order valence-corrected chi connectivity index (χ3v) is 10.5. The molecule has 1 aliphatic rings. The van der Waals surface area contributed by atoms with Crippen molar-refractivity contribution in [2.75, 3.05) is 23.7 Å². The monoisotopic (exact) mass is 619 g/mol. The first kappa shape index (κ1) is 30.8. The zero-order valence-corrected chi connectivity index (χ0v) is 26.5. The van der Waals surface area contributed by atoms with Gasteiger partial charge in [-0.1, -0.05) is 80.4 Å². The number of halogens is 1. The Morgan fingerprint density at radius 2 is 1.63 bits per heavy atom. The van der Waals surface area contributed by atoms with E-state index in [-0.39, 0.29) is 21.3 Å². The first-order chi connectivity index (χ1) is 20.4. The number of urea groups is 1. The summed E-state index contributed by atoms with van der Waals surface area (Å²) >= 11 is 6.42. The third kappa shape index (κ3) is 6.79. The molecule has 43 heavy (non-hydrogen) atoms. The van der Waals surface area contributed by atoms with Gasteiger partial charge >= 0.3 is 6.03 Å². The number of anilines is 2. The summed E-state index contributed by atoms with van der Waals surface area (Å²) in [5, 5.41) is 13.3. The molecule has 1 unspecified atom stereocenters. The van der Waals surface area contributed by atoms with E-state index >= 15 is 0 Å². The van der Waals surface area contributed by atoms with Crippen molar-refractivity contribution in [2.24, 2.45) is 5.92 Å². The smallest absolute Gasteiger partial charge is 0.317 e. The fourth-order valence-electron chi connectivity index (χ4n) is 5.48. The Hall–Kier alpha value is -3.66. The van der Waals surface area contributed by atoms with Crippen molar-refractivity contribution in [3.05, 3.63) is 101 Å². The number of amides is 2. The molecule has 3 aromatic carbocycles. The number of hydrogen-bond donors (Lipinski definition) is 3. The minimum atomic E-state index is -3.91. The van der Waals surface area contributed by atoms with Crippen LogP contribution in [-0.4, -0.2) is 37.3 Å². The number of piperidine rings is 1. The molecule has 4 aromatic rings. The van der Waals surface area contributed by atoms with Gasteiger partial charge in [0.05, 0.1) is 26.5 Å². The summed E-state index contributed by atoms with van der Waals surface area (Å²) < 4.78 is 30.2. The summed E-state index contributed by atoms with van der Waals surface area (Å²) in [5.41, 5.74) is 3.47. The number of nitrogens with one attached hydrogen (secondary N) is 3. The van der Waals surface area contributed by atoms with Crippen LogP contribution in [0.1, 0.15) is 55.7 Å². The summed E-state index contributed by atoms with van der Waals surface area (Å²) in [6.07, 6.45) is 1.36. The lowest BCUT2D eigenvalue weighted by Crippen LogP contribution is -2.34. The van der Waals surface area contributed by atoms with Crippen molar-refractivity contribution in [3.63, 3.8) is 0 Å². The summed E-state index contributed by atoms with van der Waals surface area (Å²) in [6, 6.07) is 22.9. The zero-order chi connectivity index (χ0) is 30.8. The first-order valence-corrected chi connectivity index (χ1v) is 16.4. The van der Waals surface area contributed by atoms with Gasteiger partial charge in [0.25, 0.3) is 0 Å². The Morgan fingerprint density at radius 1 is 0.977 bits per heavy atom. The van der Waals surface area contributed by atoms with Gasteiger partial charge in [0.15, 0.2) is 9.84 Å². The van der Waals surface area contributed by atoms with Gasteiger partial charge in [0, 0.05) is 17.2 Å². The van der Waals surface area contributed by atoms with Crippen LogP contribution in [0.3, 0.4) is 0 Å². The fourth-order valence-corrected chi connectivity index (χ4v) is 8.14. The highest BCUT2D eigenvalue weighted by Crippen LogP contribution is 2.43. The van der Waals surface area contributed by atoms with E-state index in [1.807, 2.05) is 37.3 Å². The molecule has 1 aromatic heterocycles. The van der Waals surface area contributed by atoms with Gasteiger partial charge in [-0.05, 0) is 74.7 Å². The molecule has 0 bridgehead atoms. The molecular weight excluding hydrogens is 582 g/mol. The number of rotatable bonds is 7. The molecule has 2 heterocycles. The molecule has 0 radical (unpaired) electrons. The van der Waals surface area contributed by atoms with Crippen LogP contribution in [0.25, 0.3) is 5.69 Å². The zero-order valence-electron chi connectivity index (χ0n) is 24.9. The minimum Gasteiger partial charge on any atom is -0.317 e. The van der Waals surface area contributed by atoms with Crippen molar-refractivity contribution in [1.82, 2.24) is 15.1 Å². The van der Waals surface area contributed by atoms with Gasteiger partial charge in [-0.2, -0.15) is 5.10 Å². The highest BCUT2D eigenvalue weighted by Gasteiger charge is 2.39. The molecule has 5 rings (SSSR count). The summed E-state index contributed by atoms with van der Waals surface area (Å²) in [5.74, 6) is 0.341. The molecule has 0 spiro atoms. The van der Waals surface area contributed by atoms with Gasteiger partial charge in [0.2, 0.25) is 0 Å². The van der Waals surface area contributed by atoms with E-state index in [1.54, 1.807) is 53.2 Å². The lowest BCUT2D eigenvalue weighted by molar-refractivity contribution is 0.262. The van der Waals surface area contributed by atoms with E-state index in [4.69, 9.17) is 16.7 Å². The molecular formula is C33H38ClN5O3S. The second-order valence-electron chi connectivity index (χ2n) is 12.1. The molecule has 0 aliphatic carbocycles. The SMILES string of the molecule is Cc1ccc(-n2nc(C(C)(C)C)cc2NC(=O)Nc2ccccc2C(C2CCNCC2)S(=O)(=O)c2ccccc2Cl)cc1. The van der Waals surface area contributed by atoms with E-state index in [0.29, 0.717) is 43.0 Å². The molecule has 10 heteroatoms. The summed E-state index contributed by atoms with van der Waals surface area (Å²) in [4.78, 5) is 13.7. The number of carbonyl (C=O) groups is 1. The molecule has 2 amide bonds. The molecule has 8 nitrogen and oxygen atoms in total. The van der Waals surface area contributed by atoms with Crippen LogP contribution in [0.4, 0.5) is 16.3 Å². The van der Waals surface area contributed by atoms with Crippen molar-refractivity contribution >= 4 is 39.0 Å². The molecule has 226 valence electrons. The second-order valence-corrected chi connectivity index (χ2v) is 14.5. The van der Waals surface area contributed by atoms with Crippen molar-refractivity contribution in [2.45, 2.75) is 56.1 Å². The van der Waals surface area contributed by atoms with E-state index in [0.717, 1.165) is 16.9 Å². The lowest BCUT2D eigenvalue weighted by Gasteiger charge is -2.32. The Bertz CT molecular complexity index is 1710. The maximum Gasteiger partial charge on any atom is 0.324 e. The Labute approximate surface area is 258 Å². The van der Waals surface area contributed by atoms with Crippen LogP contribution in [0.5, 0.6) is 0 Å². The summed E-state index contributed by atoms with van der Waals surface area (Å²) in [7, 11) is -3.91. The molecule has 1 fully saturated rings. The highest BCUT2D eigenvalue weighted by molar-refractivity contribution is 7.91. The number of hydrogen-bond acceptors (Lipinski definition) is 5. The lowest BCUT2D eigenvalue weighted by atomic mass is 9.89. The number of para-hydroxylation sites is 1. The number of aromatic nitrogens is 2. The van der Waals surface area contributed by atoms with E-state index in [9.17, 15) is 13.2 Å². The molecule has 1 saturated heterocycles. The van der Waals surface area contributed by atoms with Crippen LogP contribution in [0.2, 0.25) is 5.02 Å². The minimum absolute atomic E-state index is 0.0937. The average Bonchev–Trinajstić information content (AvgIpc) is 3.39. The molecule has 0 saturated carbocycles. The quantitative estimate of drug-likeness (QED) is 0.201. The normalized spacial score (nSPS) is 15.2. The number of sulfone groups is 1. The Morgan fingerprint density at radius 3 is 2.30 bits per heavy atom. The third-order valence-electron chi connectivity index (χ3n) is 7.80. The van der Waals surface area contributed by atoms with Crippen LogP contribution in [0, 0.1) is 12.8 Å². The topological polar surface area (TPSA) is 105 Å². The van der Waals surface area contributed by atoms with Gasteiger partial charge in [-0.25, -0.2) is 17.9 Å². The standard InChI is InChI=1S/C33H38ClN5O3S/c1-22-13-15-24(16-14-22)39-30(21-29(38-39)33(2,3)4)37-32(40)36-27-11-7-5-9-25(27)31(23-17-19-35-20-18-23)43(41,42)28-12-8-6-10-26(28)34/h5-16,21,23,31,35H,17-20H2,1-4H3,(H2,36,37,40). The predicted molar refractivity (Wildman–Crippen MR) is 173 cm³/mol. The Kier molecular flexibility index (Phi) is 8.96. The van der Waals surface area contributed by atoms with Crippen molar-refractivity contribution in [1.29, 1.82) is 0 Å². The van der Waals surface area contributed by atoms with Crippen molar-refractivity contribution < 1.29 is 13.2 Å². The van der Waals surface area contributed by atoms with Crippen LogP contribution in [0.15, 0.2) is 83.8 Å². The average molecular weight is 620 g/mol. The second kappa shape index (κ2) is 12.5. The molecule has 3 N–H and O–H groups in total. The van der Waals surface area contributed by atoms with E-state index < -0.39 is 21.1 Å². The number of aryl methyl sites for hydroxylation is 1. The van der Waals surface area contributed by atoms with Gasteiger partial charge < -0.3 is 10.6 Å². The maximum atomic E-state index is 14.3. The Balaban J connectivity index is 1.50. The fraction of sp³-hybridized carbons (Fsp3) is 0.333. The van der Waals surface area contributed by atoms with Crippen LogP contribution in [-0.2, 0) is 15.3 Å². The highest BCUT2D eigenvalue weighted by atomic mass is 35.5. The maximum absolute atomic E-state index is 14.3. The molecule has 1 aliphatic heterocycles. The number of benzene rings is 3. The summed E-state index contributed by atoms with van der Waals surface area (Å²) in [6.45, 7) is 9.64. The van der Waals surface area contributed by atoms with Crippen LogP contribution >= 0.6 is 11.6 Å². The van der Waals surface area contributed by atoms with Gasteiger partial charge in [-0.3, -0.25) is 5.32 Å².